The molecule has 0 unspecified atom stereocenters. The second kappa shape index (κ2) is 7.72. The van der Waals surface area contributed by atoms with Crippen molar-refractivity contribution in [1.82, 2.24) is 24.8 Å². The maximum atomic E-state index is 13.6. The number of amides is 1. The van der Waals surface area contributed by atoms with Crippen LogP contribution < -0.4 is 16.2 Å². The number of nitrogens with one attached hydrogen (secondary N) is 2. The Bertz CT molecular complexity index is 1150. The van der Waals surface area contributed by atoms with Crippen molar-refractivity contribution in [2.75, 3.05) is 13.6 Å². The maximum Gasteiger partial charge on any atom is 0.261 e. The van der Waals surface area contributed by atoms with Gasteiger partial charge in [0.25, 0.3) is 11.5 Å². The topological polar surface area (TPSA) is 80.4 Å². The number of nitrogens with zero attached hydrogens (tertiary/aromatic N) is 3. The fraction of sp³-hybridized carbons (Fsp3) is 0.435. The highest BCUT2D eigenvalue weighted by atomic mass is 16.1. The standard InChI is InChI=1S/C23H27N5O2/c1-24-21(29)16-6-8-18(9-7-16)27-22-17(12-15-4-2-3-5-15)13-26-28(22)20-14-25-11-10-19(20)23(27)30/h6-9,13,15,25H,2-5,10-12,14H2,1H3,(H,24,29). The average molecular weight is 406 g/mol. The molecule has 7 nitrogen and oxygen atoms in total. The summed E-state index contributed by atoms with van der Waals surface area (Å²) in [6.45, 7) is 1.45. The van der Waals surface area contributed by atoms with Gasteiger partial charge in [-0.1, -0.05) is 25.7 Å². The molecule has 5 rings (SSSR count). The fourth-order valence-corrected chi connectivity index (χ4v) is 4.96. The summed E-state index contributed by atoms with van der Waals surface area (Å²) in [5.41, 5.74) is 5.16. The second-order valence-corrected chi connectivity index (χ2v) is 8.38. The van der Waals surface area contributed by atoms with Gasteiger partial charge >= 0.3 is 0 Å². The van der Waals surface area contributed by atoms with Crippen molar-refractivity contribution >= 4 is 11.6 Å². The van der Waals surface area contributed by atoms with Crippen molar-refractivity contribution < 1.29 is 4.79 Å². The van der Waals surface area contributed by atoms with E-state index in [1.54, 1.807) is 23.7 Å². The lowest BCUT2D eigenvalue weighted by molar-refractivity contribution is 0.0963. The third-order valence-electron chi connectivity index (χ3n) is 6.54. The summed E-state index contributed by atoms with van der Waals surface area (Å²) in [6.07, 6.45) is 8.65. The van der Waals surface area contributed by atoms with Gasteiger partial charge in [-0.15, -0.1) is 0 Å². The molecule has 0 bridgehead atoms. The molecular weight excluding hydrogens is 378 g/mol. The van der Waals surface area contributed by atoms with Crippen LogP contribution in [-0.4, -0.2) is 33.7 Å². The van der Waals surface area contributed by atoms with Gasteiger partial charge in [-0.05, 0) is 49.6 Å². The summed E-state index contributed by atoms with van der Waals surface area (Å²) in [7, 11) is 1.61. The molecule has 0 radical (unpaired) electrons. The zero-order chi connectivity index (χ0) is 20.7. The van der Waals surface area contributed by atoms with Crippen LogP contribution >= 0.6 is 0 Å². The third kappa shape index (κ3) is 3.13. The van der Waals surface area contributed by atoms with Crippen molar-refractivity contribution in [2.24, 2.45) is 5.92 Å². The number of aromatic nitrogens is 3. The molecule has 30 heavy (non-hydrogen) atoms. The summed E-state index contributed by atoms with van der Waals surface area (Å²) in [5.74, 6) is 0.521. The molecule has 7 heteroatoms. The molecule has 3 heterocycles. The Morgan fingerprint density at radius 2 is 2.00 bits per heavy atom. The zero-order valence-electron chi connectivity index (χ0n) is 17.3. The Kier molecular flexibility index (Phi) is 4.90. The molecule has 2 N–H and O–H groups in total. The predicted octanol–water partition coefficient (Wildman–Crippen LogP) is 2.22. The van der Waals surface area contributed by atoms with E-state index < -0.39 is 0 Å². The minimum Gasteiger partial charge on any atom is -0.355 e. The number of hydrogen-bond donors (Lipinski definition) is 2. The number of hydrogen-bond acceptors (Lipinski definition) is 4. The monoisotopic (exact) mass is 405 g/mol. The van der Waals surface area contributed by atoms with Crippen molar-refractivity contribution in [3.8, 4) is 5.69 Å². The molecule has 1 aromatic carbocycles. The lowest BCUT2D eigenvalue weighted by Crippen LogP contribution is -2.36. The van der Waals surface area contributed by atoms with Crippen LogP contribution in [0, 0.1) is 5.92 Å². The molecular formula is C23H27N5O2. The summed E-state index contributed by atoms with van der Waals surface area (Å²) in [4.78, 5) is 25.5. The van der Waals surface area contributed by atoms with Gasteiger partial charge in [0, 0.05) is 30.3 Å². The van der Waals surface area contributed by atoms with E-state index in [1.165, 1.54) is 25.7 Å². The van der Waals surface area contributed by atoms with E-state index in [1.807, 2.05) is 22.8 Å². The van der Waals surface area contributed by atoms with Crippen LogP contribution in [0.1, 0.15) is 52.9 Å². The van der Waals surface area contributed by atoms with Crippen LogP contribution in [0.15, 0.2) is 35.3 Å². The van der Waals surface area contributed by atoms with Crippen molar-refractivity contribution in [3.63, 3.8) is 0 Å². The Balaban J connectivity index is 1.70. The molecule has 0 saturated heterocycles. The molecule has 2 aromatic heterocycles. The van der Waals surface area contributed by atoms with E-state index in [2.05, 4.69) is 10.6 Å². The average Bonchev–Trinajstić information content (AvgIpc) is 3.45. The van der Waals surface area contributed by atoms with Gasteiger partial charge in [0.15, 0.2) is 0 Å². The molecule has 3 aromatic rings. The molecule has 1 fully saturated rings. The van der Waals surface area contributed by atoms with Gasteiger partial charge in [0.05, 0.1) is 17.6 Å². The number of benzene rings is 1. The maximum absolute atomic E-state index is 13.6. The molecule has 156 valence electrons. The van der Waals surface area contributed by atoms with Crippen molar-refractivity contribution in [3.05, 3.63) is 63.2 Å². The smallest absolute Gasteiger partial charge is 0.261 e. The second-order valence-electron chi connectivity index (χ2n) is 8.38. The van der Waals surface area contributed by atoms with Gasteiger partial charge in [-0.2, -0.15) is 5.10 Å². The molecule has 1 amide bonds. The van der Waals surface area contributed by atoms with Gasteiger partial charge in [-0.25, -0.2) is 4.52 Å². The Hall–Kier alpha value is -2.93. The van der Waals surface area contributed by atoms with Gasteiger partial charge in [0.2, 0.25) is 0 Å². The number of rotatable bonds is 4. The SMILES string of the molecule is CNC(=O)c1ccc(-n2c(=O)c3c(n4ncc(CC5CCCC5)c24)CNCC3)cc1. The first kappa shape index (κ1) is 19.1. The Labute approximate surface area is 175 Å². The fourth-order valence-electron chi connectivity index (χ4n) is 4.96. The molecule has 0 spiro atoms. The highest BCUT2D eigenvalue weighted by Crippen LogP contribution is 2.30. The molecule has 1 saturated carbocycles. The largest absolute Gasteiger partial charge is 0.355 e. The predicted molar refractivity (Wildman–Crippen MR) is 115 cm³/mol. The van der Waals surface area contributed by atoms with Crippen LogP contribution in [0.4, 0.5) is 0 Å². The van der Waals surface area contributed by atoms with Crippen LogP contribution in [0.3, 0.4) is 0 Å². The van der Waals surface area contributed by atoms with Gasteiger partial charge < -0.3 is 10.6 Å². The van der Waals surface area contributed by atoms with E-state index in [4.69, 9.17) is 5.10 Å². The summed E-state index contributed by atoms with van der Waals surface area (Å²) in [6, 6.07) is 7.24. The van der Waals surface area contributed by atoms with E-state index in [9.17, 15) is 9.59 Å². The highest BCUT2D eigenvalue weighted by Gasteiger charge is 2.25. The minimum atomic E-state index is -0.137. The first-order chi connectivity index (χ1) is 14.7. The molecule has 2 aliphatic rings. The third-order valence-corrected chi connectivity index (χ3v) is 6.54. The quantitative estimate of drug-likeness (QED) is 0.698. The summed E-state index contributed by atoms with van der Waals surface area (Å²) < 4.78 is 3.76. The molecule has 0 atom stereocenters. The van der Waals surface area contributed by atoms with Crippen LogP contribution in [0.25, 0.3) is 11.3 Å². The van der Waals surface area contributed by atoms with Gasteiger partial charge in [0.1, 0.15) is 5.65 Å². The van der Waals surface area contributed by atoms with Crippen LogP contribution in [0.5, 0.6) is 0 Å². The Morgan fingerprint density at radius 3 is 2.73 bits per heavy atom. The number of fused-ring (bicyclic) bond motifs is 3. The zero-order valence-corrected chi connectivity index (χ0v) is 17.3. The molecule has 1 aliphatic heterocycles. The highest BCUT2D eigenvalue weighted by molar-refractivity contribution is 5.94. The normalized spacial score (nSPS) is 16.7. The van der Waals surface area contributed by atoms with Crippen LogP contribution in [-0.2, 0) is 19.4 Å². The first-order valence-electron chi connectivity index (χ1n) is 10.8. The summed E-state index contributed by atoms with van der Waals surface area (Å²) >= 11 is 0. The number of carbonyl (C=O) groups is 1. The lowest BCUT2D eigenvalue weighted by atomic mass is 9.99. The van der Waals surface area contributed by atoms with Gasteiger partial charge in [-0.3, -0.25) is 14.2 Å². The minimum absolute atomic E-state index is 0.0277. The number of carbonyl (C=O) groups excluding carboxylic acids is 1. The van der Waals surface area contributed by atoms with Crippen molar-refractivity contribution in [2.45, 2.75) is 45.1 Å². The Morgan fingerprint density at radius 1 is 1.23 bits per heavy atom. The summed E-state index contributed by atoms with van der Waals surface area (Å²) in [5, 5.41) is 10.7. The van der Waals surface area contributed by atoms with E-state index in [-0.39, 0.29) is 11.5 Å². The van der Waals surface area contributed by atoms with E-state index >= 15 is 0 Å². The van der Waals surface area contributed by atoms with E-state index in [0.717, 1.165) is 41.1 Å². The van der Waals surface area contributed by atoms with Crippen molar-refractivity contribution in [1.29, 1.82) is 0 Å². The van der Waals surface area contributed by atoms with E-state index in [0.29, 0.717) is 24.4 Å². The lowest BCUT2D eigenvalue weighted by Gasteiger charge is -2.21. The molecule has 1 aliphatic carbocycles. The first-order valence-corrected chi connectivity index (χ1v) is 10.8. The van der Waals surface area contributed by atoms with Crippen LogP contribution in [0.2, 0.25) is 0 Å².